The molecule has 120 valence electrons. The van der Waals surface area contributed by atoms with E-state index < -0.39 is 0 Å². The van der Waals surface area contributed by atoms with E-state index in [1.807, 2.05) is 19.1 Å². The van der Waals surface area contributed by atoms with Gasteiger partial charge in [-0.2, -0.15) is 0 Å². The Morgan fingerprint density at radius 1 is 1.32 bits per heavy atom. The fourth-order valence-electron chi connectivity index (χ4n) is 4.10. The lowest BCUT2D eigenvalue weighted by Gasteiger charge is -2.39. The topological polar surface area (TPSA) is 29.5 Å². The molecule has 0 N–H and O–H groups in total. The molecule has 0 spiro atoms. The number of benzene rings is 1. The molecule has 4 heteroatoms. The summed E-state index contributed by atoms with van der Waals surface area (Å²) in [7, 11) is 1.63. The van der Waals surface area contributed by atoms with Crippen molar-refractivity contribution >= 4 is 5.91 Å². The van der Waals surface area contributed by atoms with E-state index in [2.05, 4.69) is 4.90 Å². The van der Waals surface area contributed by atoms with Crippen molar-refractivity contribution in [1.29, 1.82) is 0 Å². The number of ether oxygens (including phenoxy) is 1. The summed E-state index contributed by atoms with van der Waals surface area (Å²) in [5.41, 5.74) is 1.93. The fourth-order valence-corrected chi connectivity index (χ4v) is 4.10. The first-order chi connectivity index (χ1) is 10.6. The van der Waals surface area contributed by atoms with Crippen LogP contribution in [0.2, 0.25) is 0 Å². The molecule has 3 nitrogen and oxygen atoms in total. The van der Waals surface area contributed by atoms with Crippen molar-refractivity contribution in [2.24, 2.45) is 0 Å². The predicted molar refractivity (Wildman–Crippen MR) is 83.3 cm³/mol. The summed E-state index contributed by atoms with van der Waals surface area (Å²) >= 11 is 0. The molecule has 0 aliphatic carbocycles. The molecule has 1 aromatic carbocycles. The average Bonchev–Trinajstić information content (AvgIpc) is 2.78. The molecule has 3 rings (SSSR count). The van der Waals surface area contributed by atoms with Gasteiger partial charge >= 0.3 is 0 Å². The first kappa shape index (κ1) is 15.5. The van der Waals surface area contributed by atoms with Gasteiger partial charge in [-0.15, -0.1) is 0 Å². The number of carbonyl (C=O) groups excluding carboxylic acids is 1. The van der Waals surface area contributed by atoms with Gasteiger partial charge in [0.1, 0.15) is 5.82 Å². The largest absolute Gasteiger partial charge is 0.384 e. The highest BCUT2D eigenvalue weighted by Crippen LogP contribution is 2.43. The zero-order chi connectivity index (χ0) is 15.7. The van der Waals surface area contributed by atoms with E-state index in [1.165, 1.54) is 5.56 Å². The second-order valence-corrected chi connectivity index (χ2v) is 6.61. The molecule has 2 heterocycles. The molecule has 2 saturated heterocycles. The van der Waals surface area contributed by atoms with Crippen LogP contribution in [0.1, 0.15) is 49.1 Å². The number of methoxy groups -OCH3 is 1. The molecule has 0 radical (unpaired) electrons. The molecule has 22 heavy (non-hydrogen) atoms. The Hall–Kier alpha value is -1.42. The number of nitrogens with zero attached hydrogens (tertiary/aromatic N) is 1. The fraction of sp³-hybridized carbons (Fsp3) is 0.611. The normalized spacial score (nSPS) is 27.2. The third-order valence-corrected chi connectivity index (χ3v) is 5.19. The quantitative estimate of drug-likeness (QED) is 0.853. The van der Waals surface area contributed by atoms with Gasteiger partial charge in [-0.1, -0.05) is 12.1 Å². The highest BCUT2D eigenvalue weighted by atomic mass is 19.1. The first-order valence-corrected chi connectivity index (χ1v) is 8.16. The third-order valence-electron chi connectivity index (χ3n) is 5.19. The lowest BCUT2D eigenvalue weighted by Crippen LogP contribution is -2.46. The minimum absolute atomic E-state index is 0.140. The smallest absolute Gasteiger partial charge is 0.225 e. The van der Waals surface area contributed by atoms with Crippen LogP contribution in [0.15, 0.2) is 18.2 Å². The maximum atomic E-state index is 13.5. The molecule has 2 aliphatic rings. The third kappa shape index (κ3) is 2.89. The molecule has 0 saturated carbocycles. The monoisotopic (exact) mass is 305 g/mol. The average molecular weight is 305 g/mol. The predicted octanol–water partition coefficient (Wildman–Crippen LogP) is 3.41. The molecule has 1 amide bonds. The summed E-state index contributed by atoms with van der Waals surface area (Å²) in [5, 5.41) is 0. The van der Waals surface area contributed by atoms with Gasteiger partial charge in [-0.25, -0.2) is 4.39 Å². The number of rotatable bonds is 4. The Labute approximate surface area is 131 Å². The lowest BCUT2D eigenvalue weighted by molar-refractivity contribution is -0.136. The van der Waals surface area contributed by atoms with Crippen molar-refractivity contribution < 1.29 is 13.9 Å². The maximum Gasteiger partial charge on any atom is 0.225 e. The maximum absolute atomic E-state index is 13.5. The number of hydrogen-bond acceptors (Lipinski definition) is 2. The number of piperidine rings is 1. The van der Waals surface area contributed by atoms with Crippen molar-refractivity contribution in [2.75, 3.05) is 13.7 Å². The van der Waals surface area contributed by atoms with Gasteiger partial charge in [0.15, 0.2) is 0 Å². The van der Waals surface area contributed by atoms with Crippen molar-refractivity contribution in [1.82, 2.24) is 4.90 Å². The number of hydrogen-bond donors (Lipinski definition) is 0. The van der Waals surface area contributed by atoms with Gasteiger partial charge in [-0.05, 0) is 55.7 Å². The summed E-state index contributed by atoms with van der Waals surface area (Å²) in [6, 6.07) is 6.15. The minimum atomic E-state index is -0.140. The summed E-state index contributed by atoms with van der Waals surface area (Å²) < 4.78 is 18.5. The van der Waals surface area contributed by atoms with Crippen molar-refractivity contribution in [2.45, 2.75) is 57.0 Å². The zero-order valence-electron chi connectivity index (χ0n) is 13.3. The second-order valence-electron chi connectivity index (χ2n) is 6.61. The van der Waals surface area contributed by atoms with E-state index in [1.54, 1.807) is 13.2 Å². The minimum Gasteiger partial charge on any atom is -0.384 e. The van der Waals surface area contributed by atoms with Crippen molar-refractivity contribution in [3.05, 3.63) is 35.1 Å². The molecule has 1 unspecified atom stereocenters. The Morgan fingerprint density at radius 3 is 2.59 bits per heavy atom. The molecule has 1 aromatic rings. The van der Waals surface area contributed by atoms with E-state index in [4.69, 9.17) is 4.74 Å². The van der Waals surface area contributed by atoms with Gasteiger partial charge in [0, 0.05) is 19.2 Å². The second kappa shape index (κ2) is 6.37. The molecular weight excluding hydrogens is 281 g/mol. The summed E-state index contributed by atoms with van der Waals surface area (Å²) in [6.07, 6.45) is 4.67. The summed E-state index contributed by atoms with van der Waals surface area (Å²) in [6.45, 7) is 2.31. The van der Waals surface area contributed by atoms with Crippen LogP contribution in [0.3, 0.4) is 0 Å². The van der Waals surface area contributed by atoms with Crippen LogP contribution in [-0.2, 0) is 9.53 Å². The van der Waals surface area contributed by atoms with Crippen LogP contribution in [0, 0.1) is 12.7 Å². The highest BCUT2D eigenvalue weighted by Gasteiger charge is 2.43. The van der Waals surface area contributed by atoms with Crippen molar-refractivity contribution in [3.63, 3.8) is 0 Å². The van der Waals surface area contributed by atoms with Crippen LogP contribution in [0.5, 0.6) is 0 Å². The van der Waals surface area contributed by atoms with Gasteiger partial charge in [-0.3, -0.25) is 4.79 Å². The molecule has 2 aliphatic heterocycles. The van der Waals surface area contributed by atoms with Crippen LogP contribution < -0.4 is 0 Å². The van der Waals surface area contributed by atoms with Crippen LogP contribution in [0.25, 0.3) is 0 Å². The van der Waals surface area contributed by atoms with Crippen molar-refractivity contribution in [3.8, 4) is 0 Å². The van der Waals surface area contributed by atoms with E-state index >= 15 is 0 Å². The summed E-state index contributed by atoms with van der Waals surface area (Å²) in [5.74, 6) is 0.533. The molecule has 0 aromatic heterocycles. The van der Waals surface area contributed by atoms with E-state index in [-0.39, 0.29) is 11.7 Å². The number of aryl methyl sites for hydroxylation is 1. The van der Waals surface area contributed by atoms with Crippen LogP contribution in [0.4, 0.5) is 4.39 Å². The van der Waals surface area contributed by atoms with Gasteiger partial charge < -0.3 is 9.64 Å². The van der Waals surface area contributed by atoms with E-state index in [0.29, 0.717) is 36.6 Å². The Morgan fingerprint density at radius 2 is 2.00 bits per heavy atom. The number of fused-ring (bicyclic) bond motifs is 2. The lowest BCUT2D eigenvalue weighted by atomic mass is 9.84. The van der Waals surface area contributed by atoms with Gasteiger partial charge in [0.25, 0.3) is 0 Å². The first-order valence-electron chi connectivity index (χ1n) is 8.16. The molecule has 2 fully saturated rings. The van der Waals surface area contributed by atoms with Crippen LogP contribution in [-0.4, -0.2) is 36.6 Å². The number of halogens is 1. The Balaban J connectivity index is 1.71. The van der Waals surface area contributed by atoms with E-state index in [0.717, 1.165) is 25.7 Å². The Bertz CT molecular complexity index is 546. The van der Waals surface area contributed by atoms with Gasteiger partial charge in [0.05, 0.1) is 13.0 Å². The number of carbonyl (C=O) groups is 1. The zero-order valence-corrected chi connectivity index (χ0v) is 13.3. The van der Waals surface area contributed by atoms with Gasteiger partial charge in [0.2, 0.25) is 5.91 Å². The van der Waals surface area contributed by atoms with E-state index in [9.17, 15) is 9.18 Å². The molecule has 3 atom stereocenters. The standard InChI is InChI=1S/C18H24FNO2/c1-12-9-13(3-6-17(12)19)14-10-15-4-5-16(11-14)20(15)18(21)7-8-22-2/h3,6,9,14-16H,4-5,7-8,10-11H2,1-2H3/t14?,15-,16+. The molecule has 2 bridgehead atoms. The summed E-state index contributed by atoms with van der Waals surface area (Å²) in [4.78, 5) is 14.5. The molecular formula is C18H24FNO2. The Kier molecular flexibility index (Phi) is 4.48. The highest BCUT2D eigenvalue weighted by molar-refractivity contribution is 5.77. The number of amides is 1. The van der Waals surface area contributed by atoms with Crippen LogP contribution >= 0.6 is 0 Å². The SMILES string of the molecule is COCCC(=O)N1[C@@H]2CC[C@H]1CC(c1ccc(F)c(C)c1)C2.